The van der Waals surface area contributed by atoms with Gasteiger partial charge in [0.15, 0.2) is 0 Å². The fourth-order valence-electron chi connectivity index (χ4n) is 3.20. The van der Waals surface area contributed by atoms with Gasteiger partial charge in [-0.15, -0.1) is 0 Å². The van der Waals surface area contributed by atoms with E-state index in [9.17, 15) is 28.1 Å². The van der Waals surface area contributed by atoms with Crippen LogP contribution in [0.1, 0.15) is 26.3 Å². The molecule has 0 bridgehead atoms. The van der Waals surface area contributed by atoms with Gasteiger partial charge < -0.3 is 10.2 Å². The van der Waals surface area contributed by atoms with Gasteiger partial charge in [0, 0.05) is 29.2 Å². The molecule has 0 unspecified atom stereocenters. The zero-order valence-corrected chi connectivity index (χ0v) is 21.7. The number of anilines is 1. The molecular weight excluding hydrogens is 528 g/mol. The van der Waals surface area contributed by atoms with Crippen molar-refractivity contribution in [2.45, 2.75) is 39.4 Å². The Balaban J connectivity index is 2.43. The maximum Gasteiger partial charge on any atom is 0.271 e. The summed E-state index contributed by atoms with van der Waals surface area (Å²) in [6.07, 6.45) is 0.909. The van der Waals surface area contributed by atoms with Gasteiger partial charge in [-0.1, -0.05) is 34.1 Å². The molecule has 0 saturated heterocycles. The van der Waals surface area contributed by atoms with Gasteiger partial charge in [-0.05, 0) is 44.5 Å². The number of nitro groups is 1. The molecule has 0 fully saturated rings. The first-order valence-electron chi connectivity index (χ1n) is 10.4. The van der Waals surface area contributed by atoms with Gasteiger partial charge in [-0.25, -0.2) is 8.42 Å². The SMILES string of the molecule is CC(C)NC(=O)[C@H](C)N(Cc1cccc(Br)c1)C(=O)CN(c1cccc([N+](=O)[O-])c1)S(C)(=O)=O. The lowest BCUT2D eigenvalue weighted by Gasteiger charge is -2.31. The molecule has 0 aromatic heterocycles. The summed E-state index contributed by atoms with van der Waals surface area (Å²) in [4.78, 5) is 37.9. The molecule has 1 atom stereocenters. The average molecular weight is 555 g/mol. The first-order chi connectivity index (χ1) is 15.8. The second-order valence-electron chi connectivity index (χ2n) is 8.04. The smallest absolute Gasteiger partial charge is 0.271 e. The van der Waals surface area contributed by atoms with Crippen LogP contribution in [0, 0.1) is 10.1 Å². The average Bonchev–Trinajstić information content (AvgIpc) is 2.74. The molecule has 2 aromatic carbocycles. The van der Waals surface area contributed by atoms with Gasteiger partial charge in [0.25, 0.3) is 5.69 Å². The van der Waals surface area contributed by atoms with Crippen molar-refractivity contribution in [2.75, 3.05) is 17.1 Å². The monoisotopic (exact) mass is 554 g/mol. The summed E-state index contributed by atoms with van der Waals surface area (Å²) in [5.74, 6) is -1.03. The number of carbonyl (C=O) groups is 2. The number of nitrogens with zero attached hydrogens (tertiary/aromatic N) is 3. The highest BCUT2D eigenvalue weighted by atomic mass is 79.9. The fraction of sp³-hybridized carbons (Fsp3) is 0.364. The Hall–Kier alpha value is -2.99. The van der Waals surface area contributed by atoms with E-state index in [0.29, 0.717) is 0 Å². The fourth-order valence-corrected chi connectivity index (χ4v) is 4.48. The molecule has 2 amide bonds. The van der Waals surface area contributed by atoms with Crippen molar-refractivity contribution in [2.24, 2.45) is 0 Å². The topological polar surface area (TPSA) is 130 Å². The molecular formula is C22H27BrN4O6S. The molecule has 0 radical (unpaired) electrons. The second kappa shape index (κ2) is 11.4. The van der Waals surface area contributed by atoms with Gasteiger partial charge in [-0.3, -0.25) is 24.0 Å². The van der Waals surface area contributed by atoms with E-state index in [1.54, 1.807) is 39.0 Å². The van der Waals surface area contributed by atoms with E-state index < -0.39 is 33.4 Å². The summed E-state index contributed by atoms with van der Waals surface area (Å²) in [5, 5.41) is 13.9. The minimum atomic E-state index is -3.98. The highest BCUT2D eigenvalue weighted by molar-refractivity contribution is 9.10. The van der Waals surface area contributed by atoms with Crippen LogP contribution >= 0.6 is 15.9 Å². The van der Waals surface area contributed by atoms with E-state index in [1.165, 1.54) is 23.1 Å². The number of non-ortho nitro benzene ring substituents is 1. The van der Waals surface area contributed by atoms with Crippen molar-refractivity contribution >= 4 is 49.1 Å². The van der Waals surface area contributed by atoms with Gasteiger partial charge >= 0.3 is 0 Å². The Labute approximate surface area is 207 Å². The van der Waals surface area contributed by atoms with E-state index in [0.717, 1.165) is 26.7 Å². The number of nitro benzene ring substituents is 1. The number of rotatable bonds is 10. The number of benzene rings is 2. The maximum atomic E-state index is 13.4. The van der Waals surface area contributed by atoms with Crippen LogP contribution in [0.15, 0.2) is 53.0 Å². The van der Waals surface area contributed by atoms with Crippen LogP contribution in [-0.2, 0) is 26.2 Å². The Morgan fingerprint density at radius 2 is 1.76 bits per heavy atom. The molecule has 34 heavy (non-hydrogen) atoms. The quantitative estimate of drug-likeness (QED) is 0.354. The number of halogens is 1. The first-order valence-corrected chi connectivity index (χ1v) is 13.0. The van der Waals surface area contributed by atoms with Gasteiger partial charge in [0.1, 0.15) is 12.6 Å². The van der Waals surface area contributed by atoms with Crippen LogP contribution in [0.2, 0.25) is 0 Å². The summed E-state index contributed by atoms with van der Waals surface area (Å²) >= 11 is 3.38. The van der Waals surface area contributed by atoms with Crippen molar-refractivity contribution in [1.29, 1.82) is 0 Å². The lowest BCUT2D eigenvalue weighted by atomic mass is 10.1. The number of carbonyl (C=O) groups excluding carboxylic acids is 2. The minimum absolute atomic E-state index is 0.0215. The molecule has 0 aliphatic heterocycles. The molecule has 184 valence electrons. The number of sulfonamides is 1. The first kappa shape index (κ1) is 27.3. The summed E-state index contributed by atoms with van der Waals surface area (Å²) in [6, 6.07) is 11.1. The van der Waals surface area contributed by atoms with Crippen LogP contribution in [0.5, 0.6) is 0 Å². The summed E-state index contributed by atoms with van der Waals surface area (Å²) in [6.45, 7) is 4.56. The highest BCUT2D eigenvalue weighted by Crippen LogP contribution is 2.24. The van der Waals surface area contributed by atoms with E-state index >= 15 is 0 Å². The zero-order valence-electron chi connectivity index (χ0n) is 19.3. The molecule has 12 heteroatoms. The summed E-state index contributed by atoms with van der Waals surface area (Å²) in [5.41, 5.74) is 0.397. The Morgan fingerprint density at radius 3 is 2.32 bits per heavy atom. The molecule has 0 aliphatic rings. The van der Waals surface area contributed by atoms with E-state index in [1.807, 2.05) is 6.07 Å². The molecule has 0 spiro atoms. The van der Waals surface area contributed by atoms with Gasteiger partial charge in [0.2, 0.25) is 21.8 Å². The molecule has 0 saturated carbocycles. The number of hydrogen-bond acceptors (Lipinski definition) is 6. The summed E-state index contributed by atoms with van der Waals surface area (Å²) < 4.78 is 26.6. The highest BCUT2D eigenvalue weighted by Gasteiger charge is 2.30. The number of hydrogen-bond donors (Lipinski definition) is 1. The van der Waals surface area contributed by atoms with Crippen molar-refractivity contribution < 1.29 is 22.9 Å². The number of amides is 2. The van der Waals surface area contributed by atoms with Crippen LogP contribution < -0.4 is 9.62 Å². The largest absolute Gasteiger partial charge is 0.352 e. The second-order valence-corrected chi connectivity index (χ2v) is 10.9. The molecule has 2 aromatic rings. The third-order valence-corrected chi connectivity index (χ3v) is 6.48. The standard InChI is InChI=1S/C22H27BrN4O6S/c1-15(2)24-22(29)16(3)25(13-17-7-5-8-18(23)11-17)21(28)14-26(34(4,32)33)19-9-6-10-20(12-19)27(30)31/h5-12,15-16H,13-14H2,1-4H3,(H,24,29)/t16-/m0/s1. The lowest BCUT2D eigenvalue weighted by Crippen LogP contribution is -2.52. The predicted octanol–water partition coefficient (Wildman–Crippen LogP) is 3.07. The van der Waals surface area contributed by atoms with Crippen molar-refractivity contribution in [1.82, 2.24) is 10.2 Å². The van der Waals surface area contributed by atoms with Crippen molar-refractivity contribution in [3.63, 3.8) is 0 Å². The van der Waals surface area contributed by atoms with Gasteiger partial charge in [0.05, 0.1) is 16.9 Å². The van der Waals surface area contributed by atoms with E-state index in [2.05, 4.69) is 21.2 Å². The normalized spacial score (nSPS) is 12.2. The van der Waals surface area contributed by atoms with Crippen molar-refractivity contribution in [3.05, 3.63) is 68.7 Å². The van der Waals surface area contributed by atoms with Crippen LogP contribution in [-0.4, -0.2) is 54.9 Å². The zero-order chi connectivity index (χ0) is 25.6. The molecule has 0 aliphatic carbocycles. The van der Waals surface area contributed by atoms with Crippen LogP contribution in [0.3, 0.4) is 0 Å². The Morgan fingerprint density at radius 1 is 1.12 bits per heavy atom. The van der Waals surface area contributed by atoms with Gasteiger partial charge in [-0.2, -0.15) is 0 Å². The van der Waals surface area contributed by atoms with Crippen LogP contribution in [0.4, 0.5) is 11.4 Å². The third kappa shape index (κ3) is 7.52. The Kier molecular flexibility index (Phi) is 9.16. The molecule has 0 heterocycles. The summed E-state index contributed by atoms with van der Waals surface area (Å²) in [7, 11) is -3.98. The Bertz CT molecular complexity index is 1170. The predicted molar refractivity (Wildman–Crippen MR) is 133 cm³/mol. The molecule has 10 nitrogen and oxygen atoms in total. The molecule has 1 N–H and O–H groups in total. The maximum absolute atomic E-state index is 13.4. The van der Waals surface area contributed by atoms with Crippen LogP contribution in [0.25, 0.3) is 0 Å². The minimum Gasteiger partial charge on any atom is -0.352 e. The molecule has 2 rings (SSSR count). The van der Waals surface area contributed by atoms with E-state index in [4.69, 9.17) is 0 Å². The van der Waals surface area contributed by atoms with E-state index in [-0.39, 0.29) is 29.9 Å². The third-order valence-electron chi connectivity index (χ3n) is 4.85. The number of nitrogens with one attached hydrogen (secondary N) is 1. The van der Waals surface area contributed by atoms with Crippen molar-refractivity contribution in [3.8, 4) is 0 Å². The lowest BCUT2D eigenvalue weighted by molar-refractivity contribution is -0.384.